The molecule has 1 atom stereocenters. The van der Waals surface area contributed by atoms with Crippen LogP contribution >= 0.6 is 0 Å². The molecule has 4 aromatic rings. The first kappa shape index (κ1) is 28.0. The maximum atomic E-state index is 12.2. The molecule has 2 N–H and O–H groups in total. The number of alkyl carbamates (subject to hydrolysis) is 1. The van der Waals surface area contributed by atoms with E-state index in [-0.39, 0.29) is 13.0 Å². The second kappa shape index (κ2) is 13.2. The number of rotatable bonds is 9. The summed E-state index contributed by atoms with van der Waals surface area (Å²) in [6, 6.07) is 24.3. The number of carboxylic acids is 1. The molecule has 1 aliphatic rings. The summed E-state index contributed by atoms with van der Waals surface area (Å²) in [5.74, 6) is 0.964. The molecule has 0 aliphatic heterocycles. The summed E-state index contributed by atoms with van der Waals surface area (Å²) in [5.41, 5.74) is 5.88. The Bertz CT molecular complexity index is 1430. The number of carbonyl (C=O) groups is 2. The van der Waals surface area contributed by atoms with Crippen molar-refractivity contribution < 1.29 is 19.4 Å². The number of amides is 1. The Morgan fingerprint density at radius 2 is 1.46 bits per heavy atom. The van der Waals surface area contributed by atoms with Crippen LogP contribution in [-0.2, 0) is 22.6 Å². The highest BCUT2D eigenvalue weighted by molar-refractivity contribution is 5.80. The second-order valence-electron chi connectivity index (χ2n) is 10.9. The van der Waals surface area contributed by atoms with Crippen LogP contribution in [0.15, 0.2) is 91.3 Å². The van der Waals surface area contributed by atoms with Crippen LogP contribution in [0.4, 0.5) is 4.79 Å². The Labute approximate surface area is 240 Å². The van der Waals surface area contributed by atoms with Crippen molar-refractivity contribution in [1.29, 1.82) is 0 Å². The molecule has 0 saturated heterocycles. The lowest BCUT2D eigenvalue weighted by atomic mass is 9.79. The SMILES string of the molecule is CC1CCC(c2ccc(-c3cnc(-c4ccc(CC(NC(=O)OCc5ccccc5)C(=O)O)cc4)nc3)cc2)CC1. The third kappa shape index (κ3) is 7.57. The quantitative estimate of drug-likeness (QED) is 0.233. The van der Waals surface area contributed by atoms with Crippen LogP contribution in [0, 0.1) is 5.92 Å². The first-order valence-corrected chi connectivity index (χ1v) is 14.2. The molecular weight excluding hydrogens is 514 g/mol. The van der Waals surface area contributed by atoms with Gasteiger partial charge in [0.25, 0.3) is 0 Å². The van der Waals surface area contributed by atoms with Crippen molar-refractivity contribution in [1.82, 2.24) is 15.3 Å². The molecule has 7 nitrogen and oxygen atoms in total. The van der Waals surface area contributed by atoms with Crippen LogP contribution in [0.25, 0.3) is 22.5 Å². The number of carbonyl (C=O) groups excluding carboxylic acids is 1. The summed E-state index contributed by atoms with van der Waals surface area (Å²) in [6.45, 7) is 2.41. The zero-order valence-corrected chi connectivity index (χ0v) is 23.2. The molecule has 1 heterocycles. The summed E-state index contributed by atoms with van der Waals surface area (Å²) in [6.07, 6.45) is 8.17. The highest BCUT2D eigenvalue weighted by Gasteiger charge is 2.22. The fraction of sp³-hybridized carbons (Fsp3) is 0.294. The van der Waals surface area contributed by atoms with Gasteiger partial charge in [0.05, 0.1) is 0 Å². The number of hydrogen-bond acceptors (Lipinski definition) is 5. The number of nitrogens with zero attached hydrogens (tertiary/aromatic N) is 2. The second-order valence-corrected chi connectivity index (χ2v) is 10.9. The standard InChI is InChI=1S/C34H35N3O4/c1-23-7-11-26(12-8-23)27-15-17-28(18-16-27)30-20-35-32(36-21-30)29-13-9-24(10-14-29)19-31(33(38)39)37-34(40)41-22-25-5-3-2-4-6-25/h2-6,9-10,13-18,20-21,23,26,31H,7-8,11-12,19,22H2,1H3,(H,37,40)(H,38,39). The van der Waals surface area contributed by atoms with Gasteiger partial charge in [0, 0.05) is 29.9 Å². The average molecular weight is 550 g/mol. The number of benzene rings is 3. The zero-order chi connectivity index (χ0) is 28.6. The van der Waals surface area contributed by atoms with Gasteiger partial charge in [-0.05, 0) is 46.9 Å². The fourth-order valence-electron chi connectivity index (χ4n) is 5.30. The summed E-state index contributed by atoms with van der Waals surface area (Å²) >= 11 is 0. The van der Waals surface area contributed by atoms with Gasteiger partial charge >= 0.3 is 12.1 Å². The Morgan fingerprint density at radius 3 is 2.10 bits per heavy atom. The van der Waals surface area contributed by atoms with E-state index in [2.05, 4.69) is 46.5 Å². The third-order valence-corrected chi connectivity index (χ3v) is 7.84. The first-order valence-electron chi connectivity index (χ1n) is 14.2. The minimum Gasteiger partial charge on any atom is -0.480 e. The van der Waals surface area contributed by atoms with Gasteiger partial charge in [-0.3, -0.25) is 0 Å². The first-order chi connectivity index (χ1) is 19.9. The van der Waals surface area contributed by atoms with E-state index in [4.69, 9.17) is 4.74 Å². The molecule has 210 valence electrons. The van der Waals surface area contributed by atoms with Crippen molar-refractivity contribution in [3.05, 3.63) is 108 Å². The van der Waals surface area contributed by atoms with Crippen LogP contribution in [-0.4, -0.2) is 33.2 Å². The average Bonchev–Trinajstić information content (AvgIpc) is 3.01. The Kier molecular flexibility index (Phi) is 9.04. The maximum Gasteiger partial charge on any atom is 0.408 e. The van der Waals surface area contributed by atoms with Crippen LogP contribution in [0.3, 0.4) is 0 Å². The van der Waals surface area contributed by atoms with E-state index in [0.29, 0.717) is 11.7 Å². The number of aliphatic carboxylic acids is 1. The minimum atomic E-state index is -1.13. The number of carboxylic acid groups (broad SMARTS) is 1. The molecule has 5 rings (SSSR count). The molecule has 0 radical (unpaired) electrons. The van der Waals surface area contributed by atoms with E-state index in [1.54, 1.807) is 0 Å². The van der Waals surface area contributed by atoms with Crippen molar-refractivity contribution in [2.24, 2.45) is 5.92 Å². The number of ether oxygens (including phenoxy) is 1. The summed E-state index contributed by atoms with van der Waals surface area (Å²) in [7, 11) is 0. The smallest absolute Gasteiger partial charge is 0.408 e. The van der Waals surface area contributed by atoms with Gasteiger partial charge in [0.1, 0.15) is 12.6 Å². The molecule has 1 fully saturated rings. The lowest BCUT2D eigenvalue weighted by molar-refractivity contribution is -0.139. The van der Waals surface area contributed by atoms with Gasteiger partial charge in [-0.1, -0.05) is 98.6 Å². The number of aromatic nitrogens is 2. The van der Waals surface area contributed by atoms with Crippen molar-refractivity contribution in [2.75, 3.05) is 0 Å². The van der Waals surface area contributed by atoms with Crippen molar-refractivity contribution in [3.8, 4) is 22.5 Å². The fourth-order valence-corrected chi connectivity index (χ4v) is 5.30. The van der Waals surface area contributed by atoms with Crippen molar-refractivity contribution in [3.63, 3.8) is 0 Å². The molecule has 3 aromatic carbocycles. The van der Waals surface area contributed by atoms with Gasteiger partial charge < -0.3 is 15.2 Å². The van der Waals surface area contributed by atoms with Crippen molar-refractivity contribution in [2.45, 2.75) is 57.6 Å². The third-order valence-electron chi connectivity index (χ3n) is 7.84. The Balaban J connectivity index is 1.17. The van der Waals surface area contributed by atoms with Crippen molar-refractivity contribution >= 4 is 12.1 Å². The van der Waals surface area contributed by atoms with Crippen LogP contribution in [0.1, 0.15) is 55.2 Å². The summed E-state index contributed by atoms with van der Waals surface area (Å²) < 4.78 is 5.17. The van der Waals surface area contributed by atoms with Gasteiger partial charge in [0.15, 0.2) is 5.82 Å². The predicted molar refractivity (Wildman–Crippen MR) is 158 cm³/mol. The van der Waals surface area contributed by atoms with Gasteiger partial charge in [-0.25, -0.2) is 19.6 Å². The topological polar surface area (TPSA) is 101 Å². The highest BCUT2D eigenvalue weighted by atomic mass is 16.5. The lowest BCUT2D eigenvalue weighted by Crippen LogP contribution is -2.42. The Morgan fingerprint density at radius 1 is 0.829 bits per heavy atom. The van der Waals surface area contributed by atoms with Crippen LogP contribution < -0.4 is 5.32 Å². The van der Waals surface area contributed by atoms with E-state index < -0.39 is 18.1 Å². The van der Waals surface area contributed by atoms with Gasteiger partial charge in [0.2, 0.25) is 0 Å². The van der Waals surface area contributed by atoms with E-state index in [1.807, 2.05) is 67.0 Å². The molecule has 1 unspecified atom stereocenters. The van der Waals surface area contributed by atoms with E-state index in [0.717, 1.165) is 33.7 Å². The van der Waals surface area contributed by atoms with Gasteiger partial charge in [-0.15, -0.1) is 0 Å². The zero-order valence-electron chi connectivity index (χ0n) is 23.2. The van der Waals surface area contributed by atoms with Crippen LogP contribution in [0.5, 0.6) is 0 Å². The maximum absolute atomic E-state index is 12.2. The van der Waals surface area contributed by atoms with E-state index in [1.165, 1.54) is 31.2 Å². The number of nitrogens with one attached hydrogen (secondary N) is 1. The molecule has 1 saturated carbocycles. The Hall–Kier alpha value is -4.52. The molecule has 0 bridgehead atoms. The van der Waals surface area contributed by atoms with E-state index >= 15 is 0 Å². The molecule has 0 spiro atoms. The molecule has 41 heavy (non-hydrogen) atoms. The number of hydrogen-bond donors (Lipinski definition) is 2. The molecule has 1 aliphatic carbocycles. The lowest BCUT2D eigenvalue weighted by Gasteiger charge is -2.26. The predicted octanol–water partition coefficient (Wildman–Crippen LogP) is 7.03. The summed E-state index contributed by atoms with van der Waals surface area (Å²) in [4.78, 5) is 33.1. The minimum absolute atomic E-state index is 0.0671. The summed E-state index contributed by atoms with van der Waals surface area (Å²) in [5, 5.41) is 12.1. The monoisotopic (exact) mass is 549 g/mol. The largest absolute Gasteiger partial charge is 0.480 e. The highest BCUT2D eigenvalue weighted by Crippen LogP contribution is 2.36. The molecule has 1 amide bonds. The molecular formula is C34H35N3O4. The molecule has 7 heteroatoms. The van der Waals surface area contributed by atoms with Gasteiger partial charge in [-0.2, -0.15) is 0 Å². The van der Waals surface area contributed by atoms with Crippen LogP contribution in [0.2, 0.25) is 0 Å². The normalized spacial score (nSPS) is 17.4. The van der Waals surface area contributed by atoms with E-state index in [9.17, 15) is 14.7 Å². The molecule has 1 aromatic heterocycles.